The Hall–Kier alpha value is -1.88. The molecule has 0 aliphatic heterocycles. The molecule has 0 spiro atoms. The van der Waals surface area contributed by atoms with Gasteiger partial charge < -0.3 is 14.9 Å². The number of aromatic carboxylic acids is 1. The van der Waals surface area contributed by atoms with E-state index in [4.69, 9.17) is 14.9 Å². The average Bonchev–Trinajstić information content (AvgIpc) is 2.36. The second kappa shape index (κ2) is 5.64. The molecule has 0 atom stereocenters. The molecular formula is C13H16O5. The van der Waals surface area contributed by atoms with E-state index in [1.54, 1.807) is 19.9 Å². The number of aliphatic hydroxyl groups is 1. The summed E-state index contributed by atoms with van der Waals surface area (Å²) in [6, 6.07) is 5.85. The van der Waals surface area contributed by atoms with Gasteiger partial charge in [0.05, 0.1) is 24.3 Å². The van der Waals surface area contributed by atoms with Crippen LogP contribution in [-0.2, 0) is 4.74 Å². The van der Waals surface area contributed by atoms with Gasteiger partial charge in [0.2, 0.25) is 0 Å². The van der Waals surface area contributed by atoms with E-state index in [1.807, 2.05) is 0 Å². The molecule has 98 valence electrons. The highest BCUT2D eigenvalue weighted by Gasteiger charge is 2.22. The number of carboxylic acid groups (broad SMARTS) is 1. The van der Waals surface area contributed by atoms with Gasteiger partial charge in [-0.1, -0.05) is 26.0 Å². The van der Waals surface area contributed by atoms with Gasteiger partial charge in [0.15, 0.2) is 0 Å². The van der Waals surface area contributed by atoms with Crippen LogP contribution in [0.5, 0.6) is 0 Å². The Bertz CT molecular complexity index is 450. The Morgan fingerprint density at radius 3 is 2.28 bits per heavy atom. The number of hydrogen-bond acceptors (Lipinski definition) is 4. The number of benzene rings is 1. The van der Waals surface area contributed by atoms with Crippen LogP contribution in [0.2, 0.25) is 0 Å². The predicted octanol–water partition coefficient (Wildman–Crippen LogP) is 1.56. The normalized spacial score (nSPS) is 11.1. The molecule has 5 heteroatoms. The maximum absolute atomic E-state index is 11.8. The van der Waals surface area contributed by atoms with Crippen LogP contribution in [0.25, 0.3) is 0 Å². The van der Waals surface area contributed by atoms with Crippen molar-refractivity contribution in [3.8, 4) is 0 Å². The van der Waals surface area contributed by atoms with E-state index in [2.05, 4.69) is 0 Å². The zero-order chi connectivity index (χ0) is 13.8. The average molecular weight is 252 g/mol. The SMILES string of the molecule is CC(C)(CO)COC(=O)c1ccccc1C(=O)O. The molecule has 0 radical (unpaired) electrons. The van der Waals surface area contributed by atoms with Crippen LogP contribution in [0.15, 0.2) is 24.3 Å². The first kappa shape index (κ1) is 14.2. The van der Waals surface area contributed by atoms with Crippen molar-refractivity contribution in [2.45, 2.75) is 13.8 Å². The smallest absolute Gasteiger partial charge is 0.339 e. The molecule has 5 nitrogen and oxygen atoms in total. The van der Waals surface area contributed by atoms with Gasteiger partial charge in [-0.25, -0.2) is 9.59 Å². The first-order valence-corrected chi connectivity index (χ1v) is 5.48. The lowest BCUT2D eigenvalue weighted by Crippen LogP contribution is -2.26. The second-order valence-electron chi connectivity index (χ2n) is 4.75. The van der Waals surface area contributed by atoms with Gasteiger partial charge in [0, 0.05) is 5.41 Å². The summed E-state index contributed by atoms with van der Waals surface area (Å²) in [4.78, 5) is 22.7. The molecule has 0 amide bonds. The van der Waals surface area contributed by atoms with Crippen LogP contribution in [0.1, 0.15) is 34.6 Å². The third-order valence-electron chi connectivity index (χ3n) is 2.40. The van der Waals surface area contributed by atoms with Gasteiger partial charge in [0.25, 0.3) is 0 Å². The standard InChI is InChI=1S/C13H16O5/c1-13(2,7-14)8-18-12(17)10-6-4-3-5-9(10)11(15)16/h3-6,14H,7-8H2,1-2H3,(H,15,16). The minimum atomic E-state index is -1.18. The zero-order valence-corrected chi connectivity index (χ0v) is 10.3. The predicted molar refractivity (Wildman–Crippen MR) is 64.6 cm³/mol. The van der Waals surface area contributed by atoms with E-state index >= 15 is 0 Å². The molecule has 1 rings (SSSR count). The first-order valence-electron chi connectivity index (χ1n) is 5.48. The summed E-state index contributed by atoms with van der Waals surface area (Å²) < 4.78 is 5.01. The minimum Gasteiger partial charge on any atom is -0.478 e. The minimum absolute atomic E-state index is 0.0127. The Morgan fingerprint density at radius 2 is 1.78 bits per heavy atom. The summed E-state index contributed by atoms with van der Waals surface area (Å²) >= 11 is 0. The molecule has 0 saturated carbocycles. The second-order valence-corrected chi connectivity index (χ2v) is 4.75. The maximum atomic E-state index is 11.8. The molecule has 0 bridgehead atoms. The number of rotatable bonds is 5. The largest absolute Gasteiger partial charge is 0.478 e. The van der Waals surface area contributed by atoms with E-state index in [0.29, 0.717) is 0 Å². The quantitative estimate of drug-likeness (QED) is 0.777. The molecule has 0 aromatic heterocycles. The van der Waals surface area contributed by atoms with Crippen molar-refractivity contribution >= 4 is 11.9 Å². The topological polar surface area (TPSA) is 83.8 Å². The lowest BCUT2D eigenvalue weighted by molar-refractivity contribution is 0.0215. The van der Waals surface area contributed by atoms with Gasteiger partial charge in [-0.05, 0) is 12.1 Å². The third kappa shape index (κ3) is 3.56. The van der Waals surface area contributed by atoms with Crippen LogP contribution in [0.4, 0.5) is 0 Å². The fourth-order valence-electron chi connectivity index (χ4n) is 1.23. The lowest BCUT2D eigenvalue weighted by Gasteiger charge is -2.21. The third-order valence-corrected chi connectivity index (χ3v) is 2.40. The summed E-state index contributed by atoms with van der Waals surface area (Å²) in [7, 11) is 0. The molecule has 0 fully saturated rings. The fraction of sp³-hybridized carbons (Fsp3) is 0.385. The molecular weight excluding hydrogens is 236 g/mol. The summed E-state index contributed by atoms with van der Waals surface area (Å²) in [6.45, 7) is 3.38. The van der Waals surface area contributed by atoms with Gasteiger partial charge in [-0.3, -0.25) is 0 Å². The monoisotopic (exact) mass is 252 g/mol. The van der Waals surface area contributed by atoms with Crippen molar-refractivity contribution in [3.63, 3.8) is 0 Å². The molecule has 18 heavy (non-hydrogen) atoms. The van der Waals surface area contributed by atoms with Crippen molar-refractivity contribution in [2.75, 3.05) is 13.2 Å². The Morgan fingerprint density at radius 1 is 1.22 bits per heavy atom. The molecule has 0 saturated heterocycles. The van der Waals surface area contributed by atoms with Crippen LogP contribution in [-0.4, -0.2) is 35.4 Å². The number of esters is 1. The van der Waals surface area contributed by atoms with E-state index < -0.39 is 17.4 Å². The molecule has 2 N–H and O–H groups in total. The maximum Gasteiger partial charge on any atom is 0.339 e. The molecule has 1 aromatic carbocycles. The number of carbonyl (C=O) groups excluding carboxylic acids is 1. The van der Waals surface area contributed by atoms with Crippen LogP contribution in [0, 0.1) is 5.41 Å². The van der Waals surface area contributed by atoms with Gasteiger partial charge in [-0.15, -0.1) is 0 Å². The summed E-state index contributed by atoms with van der Waals surface area (Å²) in [5.41, 5.74) is -0.628. The number of hydrogen-bond donors (Lipinski definition) is 2. The Labute approximate surface area is 105 Å². The van der Waals surface area contributed by atoms with E-state index in [9.17, 15) is 9.59 Å². The van der Waals surface area contributed by atoms with Crippen molar-refractivity contribution in [1.82, 2.24) is 0 Å². The lowest BCUT2D eigenvalue weighted by atomic mass is 9.96. The van der Waals surface area contributed by atoms with Crippen LogP contribution in [0.3, 0.4) is 0 Å². The molecule has 0 heterocycles. The number of ether oxygens (including phenoxy) is 1. The van der Waals surface area contributed by atoms with E-state index in [0.717, 1.165) is 0 Å². The van der Waals surface area contributed by atoms with Crippen LogP contribution >= 0.6 is 0 Å². The molecule has 0 unspecified atom stereocenters. The summed E-state index contributed by atoms with van der Waals surface area (Å²) in [5, 5.41) is 18.0. The fourth-order valence-corrected chi connectivity index (χ4v) is 1.23. The summed E-state index contributed by atoms with van der Waals surface area (Å²) in [6.07, 6.45) is 0. The highest BCUT2D eigenvalue weighted by molar-refractivity contribution is 6.02. The molecule has 0 aliphatic rings. The Balaban J connectivity index is 2.82. The zero-order valence-electron chi connectivity index (χ0n) is 10.3. The number of aliphatic hydroxyl groups excluding tert-OH is 1. The highest BCUT2D eigenvalue weighted by Crippen LogP contribution is 2.16. The van der Waals surface area contributed by atoms with Crippen LogP contribution < -0.4 is 0 Å². The number of carbonyl (C=O) groups is 2. The van der Waals surface area contributed by atoms with Gasteiger partial charge in [-0.2, -0.15) is 0 Å². The molecule has 0 aliphatic carbocycles. The van der Waals surface area contributed by atoms with Crippen molar-refractivity contribution in [3.05, 3.63) is 35.4 Å². The number of carboxylic acids is 1. The van der Waals surface area contributed by atoms with E-state index in [-0.39, 0.29) is 24.3 Å². The highest BCUT2D eigenvalue weighted by atomic mass is 16.5. The van der Waals surface area contributed by atoms with Gasteiger partial charge >= 0.3 is 11.9 Å². The van der Waals surface area contributed by atoms with Crippen molar-refractivity contribution in [2.24, 2.45) is 5.41 Å². The first-order chi connectivity index (χ1) is 8.37. The Kier molecular flexibility index (Phi) is 4.44. The summed E-state index contributed by atoms with van der Waals surface area (Å²) in [5.74, 6) is -1.88. The van der Waals surface area contributed by atoms with Crippen molar-refractivity contribution in [1.29, 1.82) is 0 Å². The molecule has 1 aromatic rings. The van der Waals surface area contributed by atoms with Crippen molar-refractivity contribution < 1.29 is 24.5 Å². The van der Waals surface area contributed by atoms with E-state index in [1.165, 1.54) is 18.2 Å². The van der Waals surface area contributed by atoms with Gasteiger partial charge in [0.1, 0.15) is 0 Å².